The Morgan fingerprint density at radius 3 is 2.94 bits per heavy atom. The number of hydrogen-bond donors (Lipinski definition) is 2. The van der Waals surface area contributed by atoms with Crippen LogP contribution in [0.2, 0.25) is 0 Å². The van der Waals surface area contributed by atoms with Crippen LogP contribution in [0.1, 0.15) is 10.5 Å². The summed E-state index contributed by atoms with van der Waals surface area (Å²) in [5.41, 5.74) is 1.32. The summed E-state index contributed by atoms with van der Waals surface area (Å²) < 4.78 is 1.02. The molecule has 0 unspecified atom stereocenters. The fraction of sp³-hybridized carbons (Fsp3) is 0. The minimum absolute atomic E-state index is 0.00376. The van der Waals surface area contributed by atoms with Gasteiger partial charge in [-0.2, -0.15) is 0 Å². The first kappa shape index (κ1) is 9.98. The summed E-state index contributed by atoms with van der Waals surface area (Å²) in [6.45, 7) is 0. The molecular formula is C11H7N3O2S. The second-order valence-corrected chi connectivity index (χ2v) is 4.45. The molecule has 3 rings (SSSR count). The SMILES string of the molecule is O=C(O)c1nc[nH]c1-c1nc2ccccc2s1. The van der Waals surface area contributed by atoms with Gasteiger partial charge in [-0.05, 0) is 12.1 Å². The number of carboxylic acid groups (broad SMARTS) is 1. The molecule has 5 nitrogen and oxygen atoms in total. The Morgan fingerprint density at radius 2 is 2.18 bits per heavy atom. The van der Waals surface area contributed by atoms with Crippen molar-refractivity contribution in [3.8, 4) is 10.7 Å². The first-order chi connectivity index (χ1) is 8.25. The summed E-state index contributed by atoms with van der Waals surface area (Å²) >= 11 is 1.44. The van der Waals surface area contributed by atoms with Gasteiger partial charge in [-0.3, -0.25) is 0 Å². The average Bonchev–Trinajstić information content (AvgIpc) is 2.95. The predicted molar refractivity (Wildman–Crippen MR) is 64.2 cm³/mol. The number of nitrogens with one attached hydrogen (secondary N) is 1. The lowest BCUT2D eigenvalue weighted by molar-refractivity contribution is 0.0692. The zero-order valence-electron chi connectivity index (χ0n) is 8.54. The number of carbonyl (C=O) groups is 1. The van der Waals surface area contributed by atoms with E-state index in [-0.39, 0.29) is 5.69 Å². The molecule has 0 aliphatic heterocycles. The van der Waals surface area contributed by atoms with Gasteiger partial charge in [0.25, 0.3) is 0 Å². The van der Waals surface area contributed by atoms with Crippen LogP contribution in [-0.4, -0.2) is 26.0 Å². The summed E-state index contributed by atoms with van der Waals surface area (Å²) in [4.78, 5) is 21.9. The number of benzene rings is 1. The van der Waals surface area contributed by atoms with Gasteiger partial charge in [-0.15, -0.1) is 11.3 Å². The van der Waals surface area contributed by atoms with E-state index in [0.29, 0.717) is 10.7 Å². The number of aromatic nitrogens is 3. The number of rotatable bonds is 2. The molecule has 84 valence electrons. The van der Waals surface area contributed by atoms with Crippen molar-refractivity contribution in [2.24, 2.45) is 0 Å². The van der Waals surface area contributed by atoms with Crippen molar-refractivity contribution in [1.29, 1.82) is 0 Å². The number of fused-ring (bicyclic) bond motifs is 1. The summed E-state index contributed by atoms with van der Waals surface area (Å²) in [5.74, 6) is -1.06. The van der Waals surface area contributed by atoms with Crippen LogP contribution in [0.15, 0.2) is 30.6 Å². The smallest absolute Gasteiger partial charge is 0.356 e. The van der Waals surface area contributed by atoms with Crippen LogP contribution in [0.4, 0.5) is 0 Å². The quantitative estimate of drug-likeness (QED) is 0.726. The Hall–Kier alpha value is -2.21. The van der Waals surface area contributed by atoms with Gasteiger partial charge in [0.05, 0.1) is 16.5 Å². The molecular weight excluding hydrogens is 238 g/mol. The summed E-state index contributed by atoms with van der Waals surface area (Å²) in [6.07, 6.45) is 1.37. The van der Waals surface area contributed by atoms with Gasteiger partial charge in [0.15, 0.2) is 5.69 Å². The van der Waals surface area contributed by atoms with E-state index in [1.165, 1.54) is 17.7 Å². The molecule has 1 aromatic carbocycles. The molecule has 0 radical (unpaired) electrons. The van der Waals surface area contributed by atoms with Crippen molar-refractivity contribution in [3.63, 3.8) is 0 Å². The lowest BCUT2D eigenvalue weighted by Gasteiger charge is -1.92. The molecule has 17 heavy (non-hydrogen) atoms. The van der Waals surface area contributed by atoms with Crippen LogP contribution in [0, 0.1) is 0 Å². The number of imidazole rings is 1. The van der Waals surface area contributed by atoms with Crippen LogP contribution in [0.25, 0.3) is 20.9 Å². The molecule has 3 aromatic rings. The van der Waals surface area contributed by atoms with E-state index in [1.54, 1.807) is 0 Å². The van der Waals surface area contributed by atoms with E-state index in [2.05, 4.69) is 15.0 Å². The lowest BCUT2D eigenvalue weighted by Crippen LogP contribution is -1.98. The highest BCUT2D eigenvalue weighted by Crippen LogP contribution is 2.30. The average molecular weight is 245 g/mol. The Labute approximate surface area is 99.8 Å². The minimum atomic E-state index is -1.06. The third-order valence-corrected chi connectivity index (χ3v) is 3.40. The van der Waals surface area contributed by atoms with Crippen molar-refractivity contribution < 1.29 is 9.90 Å². The second kappa shape index (κ2) is 3.67. The van der Waals surface area contributed by atoms with Crippen molar-refractivity contribution in [1.82, 2.24) is 15.0 Å². The molecule has 2 heterocycles. The minimum Gasteiger partial charge on any atom is -0.476 e. The first-order valence-corrected chi connectivity index (χ1v) is 5.70. The maximum absolute atomic E-state index is 11.0. The van der Waals surface area contributed by atoms with Crippen LogP contribution < -0.4 is 0 Å². The largest absolute Gasteiger partial charge is 0.476 e. The van der Waals surface area contributed by atoms with Crippen molar-refractivity contribution in [2.45, 2.75) is 0 Å². The molecule has 2 aromatic heterocycles. The molecule has 0 aliphatic rings. The Bertz CT molecular complexity index is 668. The number of thiazole rings is 1. The zero-order valence-corrected chi connectivity index (χ0v) is 9.36. The monoisotopic (exact) mass is 245 g/mol. The van der Waals surface area contributed by atoms with Gasteiger partial charge < -0.3 is 10.1 Å². The topological polar surface area (TPSA) is 78.9 Å². The fourth-order valence-electron chi connectivity index (χ4n) is 1.60. The van der Waals surface area contributed by atoms with Crippen LogP contribution in [-0.2, 0) is 0 Å². The van der Waals surface area contributed by atoms with E-state index < -0.39 is 5.97 Å². The lowest BCUT2D eigenvalue weighted by atomic mass is 10.3. The molecule has 0 fully saturated rings. The summed E-state index contributed by atoms with van der Waals surface area (Å²) in [7, 11) is 0. The van der Waals surface area contributed by atoms with Crippen LogP contribution in [0.3, 0.4) is 0 Å². The van der Waals surface area contributed by atoms with E-state index >= 15 is 0 Å². The molecule has 0 bridgehead atoms. The number of hydrogen-bond acceptors (Lipinski definition) is 4. The third-order valence-electron chi connectivity index (χ3n) is 2.35. The maximum Gasteiger partial charge on any atom is 0.356 e. The number of para-hydroxylation sites is 1. The van der Waals surface area contributed by atoms with E-state index in [9.17, 15) is 4.79 Å². The molecule has 0 aliphatic carbocycles. The van der Waals surface area contributed by atoms with Gasteiger partial charge in [-0.1, -0.05) is 12.1 Å². The molecule has 0 atom stereocenters. The maximum atomic E-state index is 11.0. The van der Waals surface area contributed by atoms with Gasteiger partial charge in [0.1, 0.15) is 10.7 Å². The fourth-order valence-corrected chi connectivity index (χ4v) is 2.57. The van der Waals surface area contributed by atoms with Crippen molar-refractivity contribution in [2.75, 3.05) is 0 Å². The number of aromatic carboxylic acids is 1. The number of nitrogens with zero attached hydrogens (tertiary/aromatic N) is 2. The van der Waals surface area contributed by atoms with Crippen molar-refractivity contribution >= 4 is 27.5 Å². The standard InChI is InChI=1S/C11H7N3O2S/c15-11(16)9-8(12-5-13-9)10-14-6-3-1-2-4-7(6)17-10/h1-5H,(H,12,13)(H,15,16). The second-order valence-electron chi connectivity index (χ2n) is 3.42. The van der Waals surface area contributed by atoms with Crippen molar-refractivity contribution in [3.05, 3.63) is 36.3 Å². The van der Waals surface area contributed by atoms with Gasteiger partial charge in [-0.25, -0.2) is 14.8 Å². The molecule has 2 N–H and O–H groups in total. The molecule has 0 spiro atoms. The Balaban J connectivity index is 2.20. The third kappa shape index (κ3) is 1.58. The van der Waals surface area contributed by atoms with E-state index in [0.717, 1.165) is 10.2 Å². The van der Waals surface area contributed by atoms with Gasteiger partial charge in [0.2, 0.25) is 0 Å². The number of aromatic amines is 1. The van der Waals surface area contributed by atoms with E-state index in [1.807, 2.05) is 24.3 Å². The molecule has 0 saturated carbocycles. The summed E-state index contributed by atoms with van der Waals surface area (Å²) in [5, 5.41) is 9.62. The normalized spacial score (nSPS) is 10.8. The zero-order chi connectivity index (χ0) is 11.8. The molecule has 0 amide bonds. The predicted octanol–water partition coefficient (Wildman–Crippen LogP) is 2.38. The van der Waals surface area contributed by atoms with Gasteiger partial charge in [0, 0.05) is 0 Å². The Kier molecular flexibility index (Phi) is 2.15. The number of carboxylic acids is 1. The number of H-pyrrole nitrogens is 1. The molecule has 0 saturated heterocycles. The van der Waals surface area contributed by atoms with E-state index in [4.69, 9.17) is 5.11 Å². The summed E-state index contributed by atoms with van der Waals surface area (Å²) in [6, 6.07) is 7.67. The highest BCUT2D eigenvalue weighted by atomic mass is 32.1. The first-order valence-electron chi connectivity index (χ1n) is 4.88. The Morgan fingerprint density at radius 1 is 1.35 bits per heavy atom. The van der Waals surface area contributed by atoms with Crippen LogP contribution >= 0.6 is 11.3 Å². The van der Waals surface area contributed by atoms with Gasteiger partial charge >= 0.3 is 5.97 Å². The molecule has 6 heteroatoms. The highest BCUT2D eigenvalue weighted by molar-refractivity contribution is 7.21. The van der Waals surface area contributed by atoms with Crippen LogP contribution in [0.5, 0.6) is 0 Å². The highest BCUT2D eigenvalue weighted by Gasteiger charge is 2.17.